The number of ketones is 1. The van der Waals surface area contributed by atoms with E-state index in [9.17, 15) is 4.79 Å². The summed E-state index contributed by atoms with van der Waals surface area (Å²) in [4.78, 5) is 12.0. The summed E-state index contributed by atoms with van der Waals surface area (Å²) >= 11 is 5.82. The van der Waals surface area contributed by atoms with Crippen molar-refractivity contribution in [2.75, 3.05) is 0 Å². The van der Waals surface area contributed by atoms with Gasteiger partial charge in [0.15, 0.2) is 5.78 Å². The average molecular weight is 343 g/mol. The number of furan rings is 1. The van der Waals surface area contributed by atoms with E-state index in [1.807, 2.05) is 6.07 Å². The topological polar surface area (TPSA) is 57.3 Å². The number of carbonyl (C=O) groups excluding carboxylic acids is 1. The Morgan fingerprint density at radius 2 is 2.08 bits per heavy atom. The number of hydrogen-bond donors (Lipinski definition) is 0. The van der Waals surface area contributed by atoms with E-state index < -0.39 is 0 Å². The standard InChI is InChI=1S/C18H15ClN2O3/c1-21-11-13(10-20-21)18(22)9-8-16-6-7-17(24-16)12-23-15-4-2-14(19)3-5-15/h2-11H,12H2,1H3/b9-8+. The molecule has 2 heterocycles. The molecule has 0 N–H and O–H groups in total. The van der Waals surface area contributed by atoms with Gasteiger partial charge >= 0.3 is 0 Å². The van der Waals surface area contributed by atoms with Gasteiger partial charge in [0.2, 0.25) is 0 Å². The number of hydrogen-bond acceptors (Lipinski definition) is 4. The van der Waals surface area contributed by atoms with Crippen LogP contribution < -0.4 is 4.74 Å². The van der Waals surface area contributed by atoms with Crippen LogP contribution in [0.2, 0.25) is 5.02 Å². The first-order valence-electron chi connectivity index (χ1n) is 7.28. The second kappa shape index (κ2) is 7.19. The molecule has 0 saturated carbocycles. The summed E-state index contributed by atoms with van der Waals surface area (Å²) in [6.07, 6.45) is 6.28. The molecule has 0 aliphatic carbocycles. The summed E-state index contributed by atoms with van der Waals surface area (Å²) in [5.41, 5.74) is 0.534. The van der Waals surface area contributed by atoms with Gasteiger partial charge < -0.3 is 9.15 Å². The lowest BCUT2D eigenvalue weighted by Crippen LogP contribution is -1.93. The lowest BCUT2D eigenvalue weighted by atomic mass is 10.2. The first-order chi connectivity index (χ1) is 11.6. The predicted molar refractivity (Wildman–Crippen MR) is 91.1 cm³/mol. The van der Waals surface area contributed by atoms with Gasteiger partial charge in [-0.1, -0.05) is 11.6 Å². The molecule has 0 aliphatic rings. The van der Waals surface area contributed by atoms with E-state index in [0.29, 0.717) is 34.5 Å². The van der Waals surface area contributed by atoms with Crippen LogP contribution in [0.3, 0.4) is 0 Å². The number of halogens is 1. The molecule has 0 aliphatic heterocycles. The largest absolute Gasteiger partial charge is 0.486 e. The van der Waals surface area contributed by atoms with Crippen molar-refractivity contribution in [1.82, 2.24) is 9.78 Å². The van der Waals surface area contributed by atoms with Gasteiger partial charge in [-0.2, -0.15) is 5.10 Å². The lowest BCUT2D eigenvalue weighted by molar-refractivity contribution is 0.104. The third-order valence-electron chi connectivity index (χ3n) is 3.27. The van der Waals surface area contributed by atoms with E-state index in [1.165, 1.54) is 12.3 Å². The summed E-state index contributed by atoms with van der Waals surface area (Å²) in [5.74, 6) is 1.83. The number of benzene rings is 1. The molecular weight excluding hydrogens is 328 g/mol. The Bertz CT molecular complexity index is 863. The smallest absolute Gasteiger partial charge is 0.189 e. The zero-order valence-corrected chi connectivity index (χ0v) is 13.7. The van der Waals surface area contributed by atoms with Crippen LogP contribution in [0.1, 0.15) is 21.9 Å². The number of allylic oxidation sites excluding steroid dienone is 1. The van der Waals surface area contributed by atoms with Crippen LogP contribution in [-0.4, -0.2) is 15.6 Å². The minimum absolute atomic E-state index is 0.126. The SMILES string of the molecule is Cn1cc(C(=O)/C=C/c2ccc(COc3ccc(Cl)cc3)o2)cn1. The molecule has 0 amide bonds. The maximum atomic E-state index is 12.0. The summed E-state index contributed by atoms with van der Waals surface area (Å²) in [6.45, 7) is 0.298. The Morgan fingerprint density at radius 1 is 1.29 bits per heavy atom. The highest BCUT2D eigenvalue weighted by Gasteiger charge is 2.05. The Morgan fingerprint density at radius 3 is 2.79 bits per heavy atom. The second-order valence-electron chi connectivity index (χ2n) is 5.15. The molecule has 122 valence electrons. The normalized spacial score (nSPS) is 11.1. The molecule has 0 atom stereocenters. The van der Waals surface area contributed by atoms with Crippen molar-refractivity contribution < 1.29 is 13.9 Å². The average Bonchev–Trinajstić information content (AvgIpc) is 3.21. The van der Waals surface area contributed by atoms with Gasteiger partial charge in [0.1, 0.15) is 23.9 Å². The molecule has 2 aromatic heterocycles. The summed E-state index contributed by atoms with van der Waals surface area (Å²) < 4.78 is 12.8. The van der Waals surface area contributed by atoms with Crippen molar-refractivity contribution in [1.29, 1.82) is 0 Å². The van der Waals surface area contributed by atoms with Gasteiger partial charge in [-0.05, 0) is 48.6 Å². The van der Waals surface area contributed by atoms with Crippen LogP contribution >= 0.6 is 11.6 Å². The fourth-order valence-corrected chi connectivity index (χ4v) is 2.18. The molecule has 6 heteroatoms. The van der Waals surface area contributed by atoms with Gasteiger partial charge in [-0.25, -0.2) is 0 Å². The van der Waals surface area contributed by atoms with E-state index in [1.54, 1.807) is 54.3 Å². The molecule has 1 aromatic carbocycles. The zero-order chi connectivity index (χ0) is 16.9. The highest BCUT2D eigenvalue weighted by Crippen LogP contribution is 2.18. The van der Waals surface area contributed by atoms with Crippen LogP contribution in [0.4, 0.5) is 0 Å². The maximum absolute atomic E-state index is 12.0. The Balaban J connectivity index is 1.58. The molecule has 3 rings (SSSR count). The second-order valence-corrected chi connectivity index (χ2v) is 5.58. The van der Waals surface area contributed by atoms with Crippen LogP contribution in [0.25, 0.3) is 6.08 Å². The summed E-state index contributed by atoms with van der Waals surface area (Å²) in [5, 5.41) is 4.63. The number of rotatable bonds is 6. The highest BCUT2D eigenvalue weighted by molar-refractivity contribution is 6.30. The minimum atomic E-state index is -0.126. The van der Waals surface area contributed by atoms with Crippen molar-refractivity contribution in [2.24, 2.45) is 7.05 Å². The van der Waals surface area contributed by atoms with E-state index >= 15 is 0 Å². The number of nitrogens with zero attached hydrogens (tertiary/aromatic N) is 2. The molecule has 0 radical (unpaired) electrons. The fourth-order valence-electron chi connectivity index (χ4n) is 2.05. The Labute approximate surface area is 144 Å². The number of ether oxygens (including phenoxy) is 1. The van der Waals surface area contributed by atoms with Gasteiger partial charge in [-0.3, -0.25) is 9.48 Å². The monoisotopic (exact) mass is 342 g/mol. The van der Waals surface area contributed by atoms with Crippen molar-refractivity contribution in [2.45, 2.75) is 6.61 Å². The van der Waals surface area contributed by atoms with Crippen LogP contribution in [-0.2, 0) is 13.7 Å². The van der Waals surface area contributed by atoms with E-state index in [2.05, 4.69) is 5.10 Å². The molecule has 5 nitrogen and oxygen atoms in total. The van der Waals surface area contributed by atoms with Crippen molar-refractivity contribution in [3.05, 3.63) is 77.0 Å². The molecule has 24 heavy (non-hydrogen) atoms. The van der Waals surface area contributed by atoms with E-state index in [4.69, 9.17) is 20.8 Å². The van der Waals surface area contributed by atoms with E-state index in [-0.39, 0.29) is 5.78 Å². The molecule has 0 bridgehead atoms. The Hall–Kier alpha value is -2.79. The summed E-state index contributed by atoms with van der Waals surface area (Å²) in [6, 6.07) is 10.7. The van der Waals surface area contributed by atoms with Crippen LogP contribution in [0, 0.1) is 0 Å². The summed E-state index contributed by atoms with van der Waals surface area (Å²) in [7, 11) is 1.76. The third-order valence-corrected chi connectivity index (χ3v) is 3.52. The van der Waals surface area contributed by atoms with Crippen molar-refractivity contribution in [3.63, 3.8) is 0 Å². The zero-order valence-electron chi connectivity index (χ0n) is 13.0. The van der Waals surface area contributed by atoms with Crippen molar-refractivity contribution >= 4 is 23.5 Å². The molecule has 3 aromatic rings. The Kier molecular flexibility index (Phi) is 4.82. The van der Waals surface area contributed by atoms with Crippen LogP contribution in [0.5, 0.6) is 5.75 Å². The predicted octanol–water partition coefficient (Wildman–Crippen LogP) is 4.14. The van der Waals surface area contributed by atoms with E-state index in [0.717, 1.165) is 0 Å². The number of aromatic nitrogens is 2. The highest BCUT2D eigenvalue weighted by atomic mass is 35.5. The van der Waals surface area contributed by atoms with Crippen molar-refractivity contribution in [3.8, 4) is 5.75 Å². The molecule has 0 saturated heterocycles. The van der Waals surface area contributed by atoms with Gasteiger partial charge in [0.05, 0.1) is 11.8 Å². The van der Waals surface area contributed by atoms with Gasteiger partial charge in [0.25, 0.3) is 0 Å². The molecule has 0 fully saturated rings. The van der Waals surface area contributed by atoms with Crippen LogP contribution in [0.15, 0.2) is 59.3 Å². The molecule has 0 unspecified atom stereocenters. The first kappa shape index (κ1) is 16.1. The molecule has 0 spiro atoms. The quantitative estimate of drug-likeness (QED) is 0.499. The minimum Gasteiger partial charge on any atom is -0.486 e. The fraction of sp³-hybridized carbons (Fsp3) is 0.111. The number of carbonyl (C=O) groups is 1. The lowest BCUT2D eigenvalue weighted by Gasteiger charge is -2.03. The van der Waals surface area contributed by atoms with Gasteiger partial charge in [0, 0.05) is 18.3 Å². The first-order valence-corrected chi connectivity index (χ1v) is 7.66. The third kappa shape index (κ3) is 4.14. The van der Waals surface area contributed by atoms with Gasteiger partial charge in [-0.15, -0.1) is 0 Å². The number of aryl methyl sites for hydroxylation is 1. The molecular formula is C18H15ClN2O3. The maximum Gasteiger partial charge on any atom is 0.189 e.